The van der Waals surface area contributed by atoms with Gasteiger partial charge in [-0.05, 0) is 68.8 Å². The van der Waals surface area contributed by atoms with Gasteiger partial charge in [-0.25, -0.2) is 9.59 Å². The van der Waals surface area contributed by atoms with Crippen LogP contribution in [0, 0.1) is 0 Å². The molecule has 0 aliphatic carbocycles. The second kappa shape index (κ2) is 12.4. The van der Waals surface area contributed by atoms with Crippen molar-refractivity contribution in [3.63, 3.8) is 0 Å². The highest BCUT2D eigenvalue weighted by Crippen LogP contribution is 2.29. The minimum atomic E-state index is -1.26. The molecule has 1 aliphatic heterocycles. The molecule has 0 saturated carbocycles. The maximum Gasteiger partial charge on any atom is 0.328 e. The SMILES string of the molecule is CN1[C@@H](CCc2c[nH]c3ccccc23)CCC[C@H]1CCc1c[nH]c2ccccc12.O=C(O)/C=C/C(=O)O. The molecule has 37 heavy (non-hydrogen) atoms. The Hall–Kier alpha value is -3.84. The van der Waals surface area contributed by atoms with E-state index < -0.39 is 11.9 Å². The highest BCUT2D eigenvalue weighted by Gasteiger charge is 2.27. The number of likely N-dealkylation sites (tertiary alicyclic amines) is 1. The summed E-state index contributed by atoms with van der Waals surface area (Å²) < 4.78 is 0. The number of nitrogens with zero attached hydrogens (tertiary/aromatic N) is 1. The summed E-state index contributed by atoms with van der Waals surface area (Å²) in [6.07, 6.45) is 14.4. The van der Waals surface area contributed by atoms with Gasteiger partial charge in [-0.2, -0.15) is 0 Å². The van der Waals surface area contributed by atoms with E-state index in [-0.39, 0.29) is 0 Å². The van der Waals surface area contributed by atoms with E-state index in [0.29, 0.717) is 24.2 Å². The first-order valence-corrected chi connectivity index (χ1v) is 12.9. The highest BCUT2D eigenvalue weighted by molar-refractivity contribution is 5.89. The van der Waals surface area contributed by atoms with Gasteiger partial charge in [-0.15, -0.1) is 0 Å². The van der Waals surface area contributed by atoms with Crippen molar-refractivity contribution in [1.82, 2.24) is 14.9 Å². The van der Waals surface area contributed by atoms with E-state index in [1.807, 2.05) is 0 Å². The molecule has 1 saturated heterocycles. The Bertz CT molecular complexity index is 1270. The van der Waals surface area contributed by atoms with Crippen molar-refractivity contribution < 1.29 is 19.8 Å². The van der Waals surface area contributed by atoms with Crippen LogP contribution in [0.1, 0.15) is 43.2 Å². The first-order chi connectivity index (χ1) is 17.9. The van der Waals surface area contributed by atoms with Crippen molar-refractivity contribution in [1.29, 1.82) is 0 Å². The number of nitrogens with one attached hydrogen (secondary N) is 2. The van der Waals surface area contributed by atoms with Crippen molar-refractivity contribution in [2.24, 2.45) is 0 Å². The van der Waals surface area contributed by atoms with Gasteiger partial charge in [0.1, 0.15) is 0 Å². The Morgan fingerprint density at radius 1 is 0.811 bits per heavy atom. The summed E-state index contributed by atoms with van der Waals surface area (Å²) in [5.41, 5.74) is 5.46. The number of fused-ring (bicyclic) bond motifs is 2. The molecule has 1 aliphatic rings. The van der Waals surface area contributed by atoms with Gasteiger partial charge in [-0.3, -0.25) is 0 Å². The second-order valence-electron chi connectivity index (χ2n) is 9.71. The number of H-pyrrole nitrogens is 2. The number of aryl methyl sites for hydroxylation is 2. The fourth-order valence-electron chi connectivity index (χ4n) is 5.45. The first kappa shape index (κ1) is 26.2. The van der Waals surface area contributed by atoms with Crippen molar-refractivity contribution in [3.8, 4) is 0 Å². The van der Waals surface area contributed by atoms with Crippen LogP contribution in [0.15, 0.2) is 73.1 Å². The molecule has 2 aromatic heterocycles. The summed E-state index contributed by atoms with van der Waals surface area (Å²) >= 11 is 0. The molecule has 2 atom stereocenters. The van der Waals surface area contributed by atoms with E-state index in [9.17, 15) is 9.59 Å². The van der Waals surface area contributed by atoms with Gasteiger partial charge in [0.15, 0.2) is 0 Å². The van der Waals surface area contributed by atoms with E-state index in [0.717, 1.165) is 12.8 Å². The van der Waals surface area contributed by atoms with Crippen molar-refractivity contribution >= 4 is 33.7 Å². The fourth-order valence-corrected chi connectivity index (χ4v) is 5.45. The van der Waals surface area contributed by atoms with Gasteiger partial charge in [0.05, 0.1) is 0 Å². The minimum absolute atomic E-state index is 0.558. The number of carbonyl (C=O) groups is 2. The first-order valence-electron chi connectivity index (χ1n) is 12.9. The zero-order valence-electron chi connectivity index (χ0n) is 21.2. The largest absolute Gasteiger partial charge is 0.478 e. The Labute approximate surface area is 216 Å². The molecule has 7 heteroatoms. The lowest BCUT2D eigenvalue weighted by molar-refractivity contribution is -0.134. The molecule has 0 unspecified atom stereocenters. The van der Waals surface area contributed by atoms with Crippen LogP contribution in [0.4, 0.5) is 0 Å². The number of hydrogen-bond donors (Lipinski definition) is 4. The number of para-hydroxylation sites is 2. The Morgan fingerprint density at radius 2 is 1.24 bits per heavy atom. The van der Waals surface area contributed by atoms with Gasteiger partial charge < -0.3 is 25.1 Å². The molecule has 0 bridgehead atoms. The molecule has 0 amide bonds. The van der Waals surface area contributed by atoms with Crippen LogP contribution in [0.25, 0.3) is 21.8 Å². The molecular weight excluding hydrogens is 466 g/mol. The van der Waals surface area contributed by atoms with E-state index in [2.05, 4.69) is 82.8 Å². The van der Waals surface area contributed by atoms with E-state index in [1.54, 1.807) is 0 Å². The Morgan fingerprint density at radius 3 is 1.68 bits per heavy atom. The zero-order chi connectivity index (χ0) is 26.2. The number of aromatic amines is 2. The van der Waals surface area contributed by atoms with Crippen molar-refractivity contribution in [3.05, 3.63) is 84.2 Å². The molecule has 0 radical (unpaired) electrons. The molecule has 4 aromatic rings. The number of piperidine rings is 1. The number of hydrogen-bond acceptors (Lipinski definition) is 3. The predicted molar refractivity (Wildman–Crippen MR) is 147 cm³/mol. The standard InChI is InChI=1S/C26H31N3.C4H4O4/c1-29-21(15-13-19-17-27-25-11-4-2-9-23(19)25)7-6-8-22(29)16-14-20-18-28-26-12-5-3-10-24(20)26;5-3(6)1-2-4(7)8/h2-5,9-12,17-18,21-22,27-28H,6-8,13-16H2,1H3;1-2H,(H,5,6)(H,7,8)/b;2-1+/t21-,22+;. The third kappa shape index (κ3) is 6.89. The molecule has 7 nitrogen and oxygen atoms in total. The predicted octanol–water partition coefficient (Wildman–Crippen LogP) is 5.78. The summed E-state index contributed by atoms with van der Waals surface area (Å²) in [6, 6.07) is 18.7. The average Bonchev–Trinajstić information content (AvgIpc) is 3.51. The summed E-state index contributed by atoms with van der Waals surface area (Å²) in [4.78, 5) is 28.7. The number of aliphatic carboxylic acids is 2. The average molecular weight is 502 g/mol. The second-order valence-corrected chi connectivity index (χ2v) is 9.71. The van der Waals surface area contributed by atoms with E-state index in [1.165, 1.54) is 65.0 Å². The number of rotatable bonds is 8. The van der Waals surface area contributed by atoms with E-state index in [4.69, 9.17) is 10.2 Å². The monoisotopic (exact) mass is 501 g/mol. The fraction of sp³-hybridized carbons (Fsp3) is 0.333. The molecule has 1 fully saturated rings. The maximum atomic E-state index is 9.55. The van der Waals surface area contributed by atoms with Gasteiger partial charge in [0.2, 0.25) is 0 Å². The molecule has 3 heterocycles. The maximum absolute atomic E-state index is 9.55. The third-order valence-corrected chi connectivity index (χ3v) is 7.44. The lowest BCUT2D eigenvalue weighted by atomic mass is 9.89. The van der Waals surface area contributed by atoms with Crippen LogP contribution in [-0.4, -0.2) is 56.2 Å². The van der Waals surface area contributed by atoms with Gasteiger partial charge in [-0.1, -0.05) is 42.8 Å². The molecular formula is C30H35N3O4. The van der Waals surface area contributed by atoms with Gasteiger partial charge >= 0.3 is 11.9 Å². The number of carboxylic acids is 2. The molecule has 194 valence electrons. The topological polar surface area (TPSA) is 109 Å². The lowest BCUT2D eigenvalue weighted by Gasteiger charge is -2.40. The number of carboxylic acid groups (broad SMARTS) is 2. The number of benzene rings is 2. The molecule has 2 aromatic carbocycles. The molecule has 4 N–H and O–H groups in total. The van der Waals surface area contributed by atoms with Crippen LogP contribution >= 0.6 is 0 Å². The third-order valence-electron chi connectivity index (χ3n) is 7.44. The summed E-state index contributed by atoms with van der Waals surface area (Å²) in [7, 11) is 2.36. The van der Waals surface area contributed by atoms with Crippen LogP contribution in [0.5, 0.6) is 0 Å². The van der Waals surface area contributed by atoms with Crippen molar-refractivity contribution in [2.75, 3.05) is 7.05 Å². The summed E-state index contributed by atoms with van der Waals surface area (Å²) in [5.74, 6) is -2.51. The lowest BCUT2D eigenvalue weighted by Crippen LogP contribution is -2.44. The van der Waals surface area contributed by atoms with Gasteiger partial charge in [0, 0.05) is 58.4 Å². The Kier molecular flexibility index (Phi) is 8.80. The smallest absolute Gasteiger partial charge is 0.328 e. The van der Waals surface area contributed by atoms with Gasteiger partial charge in [0.25, 0.3) is 0 Å². The minimum Gasteiger partial charge on any atom is -0.478 e. The number of aromatic nitrogens is 2. The summed E-state index contributed by atoms with van der Waals surface area (Å²) in [6.45, 7) is 0. The Balaban J connectivity index is 0.000000349. The van der Waals surface area contributed by atoms with E-state index >= 15 is 0 Å². The van der Waals surface area contributed by atoms with Crippen LogP contribution in [0.2, 0.25) is 0 Å². The quantitative estimate of drug-likeness (QED) is 0.229. The zero-order valence-corrected chi connectivity index (χ0v) is 21.2. The normalized spacial score (nSPS) is 18.2. The molecule has 0 spiro atoms. The van der Waals surface area contributed by atoms with Crippen LogP contribution in [-0.2, 0) is 22.4 Å². The highest BCUT2D eigenvalue weighted by atomic mass is 16.4. The van der Waals surface area contributed by atoms with Crippen LogP contribution in [0.3, 0.4) is 0 Å². The van der Waals surface area contributed by atoms with Crippen molar-refractivity contribution in [2.45, 2.75) is 57.0 Å². The molecule has 5 rings (SSSR count). The van der Waals surface area contributed by atoms with Crippen LogP contribution < -0.4 is 0 Å². The summed E-state index contributed by atoms with van der Waals surface area (Å²) in [5, 5.41) is 18.4.